The van der Waals surface area contributed by atoms with Crippen LogP contribution in [-0.4, -0.2) is 34.8 Å². The molecule has 0 bridgehead atoms. The number of carbonyl (C=O) groups excluding carboxylic acids is 1. The van der Waals surface area contributed by atoms with Crippen molar-refractivity contribution >= 4 is 5.91 Å². The van der Waals surface area contributed by atoms with Crippen molar-refractivity contribution in [2.45, 2.75) is 38.1 Å². The number of nitrogens with one attached hydrogen (secondary N) is 2. The largest absolute Gasteiger partial charge is 0.356 e. The van der Waals surface area contributed by atoms with Gasteiger partial charge in [0.15, 0.2) is 0 Å². The first-order chi connectivity index (χ1) is 8.74. The Bertz CT molecular complexity index is 382. The first-order valence-corrected chi connectivity index (χ1v) is 6.71. The molecule has 1 unspecified atom stereocenters. The van der Waals surface area contributed by atoms with Gasteiger partial charge in [-0.2, -0.15) is 5.10 Å². The number of carbonyl (C=O) groups is 1. The number of aromatic nitrogens is 2. The van der Waals surface area contributed by atoms with Crippen LogP contribution in [0.2, 0.25) is 0 Å². The summed E-state index contributed by atoms with van der Waals surface area (Å²) < 4.78 is 1.78. The van der Waals surface area contributed by atoms with Gasteiger partial charge in [0.05, 0.1) is 6.20 Å². The molecular weight excluding hydrogens is 228 g/mol. The van der Waals surface area contributed by atoms with Crippen LogP contribution >= 0.6 is 0 Å². The fourth-order valence-electron chi connectivity index (χ4n) is 2.34. The summed E-state index contributed by atoms with van der Waals surface area (Å²) in [6, 6.07) is 0.550. The number of amides is 1. The first kappa shape index (κ1) is 13.1. The molecule has 1 aliphatic heterocycles. The molecule has 0 spiro atoms. The first-order valence-electron chi connectivity index (χ1n) is 6.71. The number of rotatable bonds is 6. The van der Waals surface area contributed by atoms with Gasteiger partial charge in [0.2, 0.25) is 5.91 Å². The SMILES string of the molecule is Cn1cc(CCNC(=O)CCC2CCCN2)cn1. The van der Waals surface area contributed by atoms with Crippen LogP contribution in [0, 0.1) is 0 Å². The number of aryl methyl sites for hydroxylation is 1. The Morgan fingerprint density at radius 1 is 1.67 bits per heavy atom. The average molecular weight is 250 g/mol. The maximum atomic E-state index is 11.6. The maximum Gasteiger partial charge on any atom is 0.220 e. The van der Waals surface area contributed by atoms with E-state index >= 15 is 0 Å². The van der Waals surface area contributed by atoms with Gasteiger partial charge < -0.3 is 10.6 Å². The quantitative estimate of drug-likeness (QED) is 0.778. The molecule has 1 atom stereocenters. The van der Waals surface area contributed by atoms with Crippen molar-refractivity contribution < 1.29 is 4.79 Å². The van der Waals surface area contributed by atoms with Crippen molar-refractivity contribution in [2.24, 2.45) is 7.05 Å². The summed E-state index contributed by atoms with van der Waals surface area (Å²) in [7, 11) is 1.90. The van der Waals surface area contributed by atoms with Gasteiger partial charge in [-0.15, -0.1) is 0 Å². The van der Waals surface area contributed by atoms with Gasteiger partial charge in [-0.3, -0.25) is 9.48 Å². The topological polar surface area (TPSA) is 59.0 Å². The Labute approximate surface area is 108 Å². The fourth-order valence-corrected chi connectivity index (χ4v) is 2.34. The van der Waals surface area contributed by atoms with Crippen LogP contribution in [0.4, 0.5) is 0 Å². The normalized spacial score (nSPS) is 19.1. The molecule has 1 fully saturated rings. The summed E-state index contributed by atoms with van der Waals surface area (Å²) in [6.07, 6.45) is 8.71. The highest BCUT2D eigenvalue weighted by Gasteiger charge is 2.14. The lowest BCUT2D eigenvalue weighted by atomic mass is 10.1. The molecule has 0 aliphatic carbocycles. The number of hydrogen-bond donors (Lipinski definition) is 2. The predicted molar refractivity (Wildman–Crippen MR) is 70.2 cm³/mol. The van der Waals surface area contributed by atoms with Gasteiger partial charge in [-0.25, -0.2) is 0 Å². The highest BCUT2D eigenvalue weighted by molar-refractivity contribution is 5.75. The highest BCUT2D eigenvalue weighted by atomic mass is 16.1. The van der Waals surface area contributed by atoms with Crippen LogP contribution in [0.5, 0.6) is 0 Å². The lowest BCUT2D eigenvalue weighted by molar-refractivity contribution is -0.121. The molecule has 18 heavy (non-hydrogen) atoms. The van der Waals surface area contributed by atoms with Crippen LogP contribution < -0.4 is 10.6 Å². The number of nitrogens with zero attached hydrogens (tertiary/aromatic N) is 2. The molecule has 1 aliphatic rings. The zero-order valence-corrected chi connectivity index (χ0v) is 11.0. The van der Waals surface area contributed by atoms with E-state index in [0.29, 0.717) is 19.0 Å². The molecule has 2 N–H and O–H groups in total. The van der Waals surface area contributed by atoms with Gasteiger partial charge in [-0.05, 0) is 37.8 Å². The van der Waals surface area contributed by atoms with Crippen molar-refractivity contribution in [1.29, 1.82) is 0 Å². The second-order valence-electron chi connectivity index (χ2n) is 4.95. The third-order valence-corrected chi connectivity index (χ3v) is 3.38. The van der Waals surface area contributed by atoms with E-state index < -0.39 is 0 Å². The Kier molecular flexibility index (Phi) is 4.75. The van der Waals surface area contributed by atoms with Crippen molar-refractivity contribution in [3.05, 3.63) is 18.0 Å². The minimum atomic E-state index is 0.160. The van der Waals surface area contributed by atoms with Crippen LogP contribution in [0.3, 0.4) is 0 Å². The zero-order chi connectivity index (χ0) is 12.8. The highest BCUT2D eigenvalue weighted by Crippen LogP contribution is 2.10. The van der Waals surface area contributed by atoms with Crippen LogP contribution in [0.25, 0.3) is 0 Å². The van der Waals surface area contributed by atoms with Crippen LogP contribution in [0.1, 0.15) is 31.2 Å². The molecule has 100 valence electrons. The Morgan fingerprint density at radius 3 is 3.22 bits per heavy atom. The lowest BCUT2D eigenvalue weighted by Crippen LogP contribution is -2.28. The minimum absolute atomic E-state index is 0.160. The average Bonchev–Trinajstić information content (AvgIpc) is 2.98. The molecule has 5 nitrogen and oxygen atoms in total. The molecule has 1 amide bonds. The summed E-state index contributed by atoms with van der Waals surface area (Å²) in [5.41, 5.74) is 1.16. The van der Waals surface area contributed by atoms with Gasteiger partial charge in [0, 0.05) is 32.3 Å². The Hall–Kier alpha value is -1.36. The summed E-state index contributed by atoms with van der Waals surface area (Å²) >= 11 is 0. The Morgan fingerprint density at radius 2 is 2.56 bits per heavy atom. The van der Waals surface area contributed by atoms with Crippen molar-refractivity contribution in [1.82, 2.24) is 20.4 Å². The summed E-state index contributed by atoms with van der Waals surface area (Å²) in [4.78, 5) is 11.6. The van der Waals surface area contributed by atoms with E-state index in [1.54, 1.807) is 4.68 Å². The standard InChI is InChI=1S/C13H22N4O/c1-17-10-11(9-16-17)6-8-15-13(18)5-4-12-3-2-7-14-12/h9-10,12,14H,2-8H2,1H3,(H,15,18). The minimum Gasteiger partial charge on any atom is -0.356 e. The third kappa shape index (κ3) is 4.14. The number of hydrogen-bond acceptors (Lipinski definition) is 3. The molecule has 5 heteroatoms. The van der Waals surface area contributed by atoms with E-state index in [-0.39, 0.29) is 5.91 Å². The van der Waals surface area contributed by atoms with Crippen LogP contribution in [0.15, 0.2) is 12.4 Å². The summed E-state index contributed by atoms with van der Waals surface area (Å²) in [6.45, 7) is 1.80. The van der Waals surface area contributed by atoms with E-state index in [2.05, 4.69) is 15.7 Å². The van der Waals surface area contributed by atoms with E-state index in [9.17, 15) is 4.79 Å². The molecule has 2 rings (SSSR count). The molecule has 1 aromatic rings. The van der Waals surface area contributed by atoms with Gasteiger partial charge in [0.1, 0.15) is 0 Å². The second kappa shape index (κ2) is 6.54. The van der Waals surface area contributed by atoms with E-state index in [0.717, 1.165) is 24.9 Å². The lowest BCUT2D eigenvalue weighted by Gasteiger charge is -2.09. The molecule has 1 saturated heterocycles. The van der Waals surface area contributed by atoms with Crippen LogP contribution in [-0.2, 0) is 18.3 Å². The zero-order valence-electron chi connectivity index (χ0n) is 11.0. The fraction of sp³-hybridized carbons (Fsp3) is 0.692. The van der Waals surface area contributed by atoms with Crippen molar-refractivity contribution in [2.75, 3.05) is 13.1 Å². The summed E-state index contributed by atoms with van der Waals surface area (Å²) in [5.74, 6) is 0.160. The molecule has 0 saturated carbocycles. The smallest absolute Gasteiger partial charge is 0.220 e. The van der Waals surface area contributed by atoms with Crippen molar-refractivity contribution in [3.63, 3.8) is 0 Å². The van der Waals surface area contributed by atoms with Gasteiger partial charge in [-0.1, -0.05) is 0 Å². The van der Waals surface area contributed by atoms with Crippen molar-refractivity contribution in [3.8, 4) is 0 Å². The second-order valence-corrected chi connectivity index (χ2v) is 4.95. The maximum absolute atomic E-state index is 11.6. The third-order valence-electron chi connectivity index (χ3n) is 3.38. The molecule has 2 heterocycles. The molecule has 0 aromatic carbocycles. The summed E-state index contributed by atoms with van der Waals surface area (Å²) in [5, 5.41) is 10.5. The van der Waals surface area contributed by atoms with Gasteiger partial charge in [0.25, 0.3) is 0 Å². The molecular formula is C13H22N4O. The van der Waals surface area contributed by atoms with E-state index in [1.807, 2.05) is 19.4 Å². The van der Waals surface area contributed by atoms with Gasteiger partial charge >= 0.3 is 0 Å². The monoisotopic (exact) mass is 250 g/mol. The molecule has 1 aromatic heterocycles. The molecule has 0 radical (unpaired) electrons. The van der Waals surface area contributed by atoms with E-state index in [4.69, 9.17) is 0 Å². The predicted octanol–water partition coefficient (Wildman–Crippen LogP) is 0.611. The Balaban J connectivity index is 1.57. The van der Waals surface area contributed by atoms with E-state index in [1.165, 1.54) is 12.8 Å².